The van der Waals surface area contributed by atoms with Gasteiger partial charge in [-0.3, -0.25) is 4.90 Å². The van der Waals surface area contributed by atoms with Crippen LogP contribution in [-0.2, 0) is 19.3 Å². The Balaban J connectivity index is 2.28. The third-order valence-electron chi connectivity index (χ3n) is 5.06. The molecule has 2 aromatic rings. The Bertz CT molecular complexity index is 798. The van der Waals surface area contributed by atoms with Crippen LogP contribution in [0, 0.1) is 0 Å². The maximum absolute atomic E-state index is 11.9. The molecule has 1 atom stereocenters. The molecule has 1 unspecified atom stereocenters. The molecule has 0 aromatic heterocycles. The van der Waals surface area contributed by atoms with Crippen LogP contribution in [0.1, 0.15) is 60.2 Å². The molecule has 3 rings (SSSR count). The Kier molecular flexibility index (Phi) is 4.93. The highest BCUT2D eigenvalue weighted by Gasteiger charge is 2.32. The smallest absolute Gasteiger partial charge is 0.412 e. The van der Waals surface area contributed by atoms with Crippen molar-refractivity contribution in [3.8, 4) is 0 Å². The molecule has 1 N–H and O–H groups in total. The third kappa shape index (κ3) is 3.07. The molecule has 1 aliphatic heterocycles. The zero-order chi connectivity index (χ0) is 18.0. The number of amides is 1. The van der Waals surface area contributed by atoms with Crippen molar-refractivity contribution in [3.63, 3.8) is 0 Å². The molecule has 0 radical (unpaired) electrons. The van der Waals surface area contributed by atoms with E-state index in [1.807, 2.05) is 24.3 Å². The molecule has 3 nitrogen and oxygen atoms in total. The average molecular weight is 335 g/mol. The van der Waals surface area contributed by atoms with E-state index in [1.165, 1.54) is 21.6 Å². The van der Waals surface area contributed by atoms with Crippen LogP contribution in [0.15, 0.2) is 42.6 Å². The quantitative estimate of drug-likeness (QED) is 0.809. The minimum atomic E-state index is -0.917. The van der Waals surface area contributed by atoms with E-state index in [-0.39, 0.29) is 6.04 Å². The highest BCUT2D eigenvalue weighted by atomic mass is 16.4. The summed E-state index contributed by atoms with van der Waals surface area (Å²) in [6.45, 7) is 6.46. The van der Waals surface area contributed by atoms with E-state index in [0.717, 1.165) is 36.0 Å². The second kappa shape index (κ2) is 7.14. The lowest BCUT2D eigenvalue weighted by Crippen LogP contribution is -2.33. The molecule has 3 heteroatoms. The predicted octanol–water partition coefficient (Wildman–Crippen LogP) is 5.43. The minimum Gasteiger partial charge on any atom is -0.465 e. The zero-order valence-corrected chi connectivity index (χ0v) is 15.1. The van der Waals surface area contributed by atoms with Crippen molar-refractivity contribution in [2.24, 2.45) is 0 Å². The van der Waals surface area contributed by atoms with Crippen molar-refractivity contribution >= 4 is 12.2 Å². The summed E-state index contributed by atoms with van der Waals surface area (Å²) in [5.74, 6) is 0. The first-order valence-electron chi connectivity index (χ1n) is 9.03. The number of carboxylic acid groups (broad SMARTS) is 1. The monoisotopic (exact) mass is 335 g/mol. The number of rotatable bonds is 4. The highest BCUT2D eigenvalue weighted by Crippen LogP contribution is 2.39. The molecule has 1 aliphatic rings. The number of carbonyl (C=O) groups is 1. The lowest BCUT2D eigenvalue weighted by atomic mass is 9.83. The molecule has 0 aliphatic carbocycles. The van der Waals surface area contributed by atoms with Crippen molar-refractivity contribution in [1.82, 2.24) is 4.90 Å². The van der Waals surface area contributed by atoms with E-state index in [0.29, 0.717) is 0 Å². The second-order valence-electron chi connectivity index (χ2n) is 6.43. The zero-order valence-electron chi connectivity index (χ0n) is 15.1. The SMILES string of the molecule is CCc1cc(CC)c(C2c3ccccc3C=CN2C(=O)O)c(CC)c1. The number of hydrogen-bond acceptors (Lipinski definition) is 1. The van der Waals surface area contributed by atoms with Gasteiger partial charge in [0, 0.05) is 6.20 Å². The maximum Gasteiger partial charge on any atom is 0.412 e. The Labute approximate surface area is 149 Å². The largest absolute Gasteiger partial charge is 0.465 e. The fourth-order valence-corrected chi connectivity index (χ4v) is 3.77. The predicted molar refractivity (Wildman–Crippen MR) is 102 cm³/mol. The molecule has 130 valence electrons. The van der Waals surface area contributed by atoms with Gasteiger partial charge >= 0.3 is 6.09 Å². The van der Waals surface area contributed by atoms with E-state index in [2.05, 4.69) is 39.0 Å². The molecule has 1 amide bonds. The van der Waals surface area contributed by atoms with E-state index >= 15 is 0 Å². The Hall–Kier alpha value is -2.55. The van der Waals surface area contributed by atoms with E-state index in [4.69, 9.17) is 0 Å². The van der Waals surface area contributed by atoms with Gasteiger partial charge in [0.05, 0.1) is 6.04 Å². The van der Waals surface area contributed by atoms with Crippen molar-refractivity contribution < 1.29 is 9.90 Å². The number of hydrogen-bond donors (Lipinski definition) is 1. The molecule has 0 saturated carbocycles. The highest BCUT2D eigenvalue weighted by molar-refractivity contribution is 5.73. The van der Waals surface area contributed by atoms with Gasteiger partial charge in [-0.1, -0.05) is 57.2 Å². The van der Waals surface area contributed by atoms with Crippen LogP contribution < -0.4 is 0 Å². The van der Waals surface area contributed by atoms with Gasteiger partial charge in [-0.15, -0.1) is 0 Å². The van der Waals surface area contributed by atoms with E-state index in [1.54, 1.807) is 6.20 Å². The van der Waals surface area contributed by atoms with Gasteiger partial charge < -0.3 is 5.11 Å². The fraction of sp³-hybridized carbons (Fsp3) is 0.318. The van der Waals surface area contributed by atoms with Crippen LogP contribution in [0.3, 0.4) is 0 Å². The summed E-state index contributed by atoms with van der Waals surface area (Å²) in [5.41, 5.74) is 7.12. The summed E-state index contributed by atoms with van der Waals surface area (Å²) in [5, 5.41) is 9.80. The summed E-state index contributed by atoms with van der Waals surface area (Å²) in [6, 6.07) is 12.3. The normalized spacial score (nSPS) is 16.0. The van der Waals surface area contributed by atoms with Crippen LogP contribution in [0.25, 0.3) is 6.08 Å². The molecule has 25 heavy (non-hydrogen) atoms. The molecule has 0 spiro atoms. The van der Waals surface area contributed by atoms with Crippen LogP contribution in [0.5, 0.6) is 0 Å². The number of fused-ring (bicyclic) bond motifs is 1. The van der Waals surface area contributed by atoms with Gasteiger partial charge in [0.1, 0.15) is 0 Å². The van der Waals surface area contributed by atoms with E-state index in [9.17, 15) is 9.90 Å². The molecular weight excluding hydrogens is 310 g/mol. The first kappa shape index (κ1) is 17.3. The fourth-order valence-electron chi connectivity index (χ4n) is 3.77. The van der Waals surface area contributed by atoms with Gasteiger partial charge in [0.2, 0.25) is 0 Å². The van der Waals surface area contributed by atoms with Crippen molar-refractivity contribution in [2.45, 2.75) is 46.1 Å². The van der Waals surface area contributed by atoms with Crippen molar-refractivity contribution in [1.29, 1.82) is 0 Å². The Morgan fingerprint density at radius 3 is 2.24 bits per heavy atom. The van der Waals surface area contributed by atoms with Crippen LogP contribution >= 0.6 is 0 Å². The first-order chi connectivity index (χ1) is 12.1. The maximum atomic E-state index is 11.9. The number of benzene rings is 2. The molecule has 2 aromatic carbocycles. The summed E-state index contributed by atoms with van der Waals surface area (Å²) in [6.07, 6.45) is 5.45. The van der Waals surface area contributed by atoms with Crippen LogP contribution in [0.4, 0.5) is 4.79 Å². The Morgan fingerprint density at radius 2 is 1.68 bits per heavy atom. The third-order valence-corrected chi connectivity index (χ3v) is 5.06. The Morgan fingerprint density at radius 1 is 1.04 bits per heavy atom. The molecule has 0 saturated heterocycles. The molecule has 0 bridgehead atoms. The molecule has 1 heterocycles. The number of nitrogens with zero attached hydrogens (tertiary/aromatic N) is 1. The topological polar surface area (TPSA) is 40.5 Å². The van der Waals surface area contributed by atoms with Crippen molar-refractivity contribution in [3.05, 3.63) is 76.0 Å². The minimum absolute atomic E-state index is 0.283. The average Bonchev–Trinajstić information content (AvgIpc) is 2.65. The summed E-state index contributed by atoms with van der Waals surface area (Å²) >= 11 is 0. The van der Waals surface area contributed by atoms with Crippen molar-refractivity contribution in [2.75, 3.05) is 0 Å². The standard InChI is InChI=1S/C22H25NO2/c1-4-15-13-16(5-2)20(17(6-3)14-15)21-19-10-8-7-9-18(19)11-12-23(21)22(24)25/h7-14,21H,4-6H2,1-3H3,(H,24,25). The number of aryl methyl sites for hydroxylation is 3. The van der Waals surface area contributed by atoms with Gasteiger partial charge in [-0.05, 0) is 58.7 Å². The molecule has 0 fully saturated rings. The summed E-state index contributed by atoms with van der Waals surface area (Å²) in [7, 11) is 0. The lowest BCUT2D eigenvalue weighted by Gasteiger charge is -2.34. The first-order valence-corrected chi connectivity index (χ1v) is 9.03. The molecular formula is C22H25NO2. The van der Waals surface area contributed by atoms with Gasteiger partial charge in [-0.2, -0.15) is 0 Å². The second-order valence-corrected chi connectivity index (χ2v) is 6.43. The van der Waals surface area contributed by atoms with Gasteiger partial charge in [-0.25, -0.2) is 4.79 Å². The lowest BCUT2D eigenvalue weighted by molar-refractivity contribution is 0.153. The van der Waals surface area contributed by atoms with Crippen LogP contribution in [0.2, 0.25) is 0 Å². The van der Waals surface area contributed by atoms with Gasteiger partial charge in [0.15, 0.2) is 0 Å². The van der Waals surface area contributed by atoms with Gasteiger partial charge in [0.25, 0.3) is 0 Å². The summed E-state index contributed by atoms with van der Waals surface area (Å²) in [4.78, 5) is 13.4. The van der Waals surface area contributed by atoms with Crippen LogP contribution in [-0.4, -0.2) is 16.1 Å². The summed E-state index contributed by atoms with van der Waals surface area (Å²) < 4.78 is 0. The van der Waals surface area contributed by atoms with E-state index < -0.39 is 6.09 Å².